The summed E-state index contributed by atoms with van der Waals surface area (Å²) >= 11 is 0. The highest BCUT2D eigenvalue weighted by molar-refractivity contribution is 4.81. The van der Waals surface area contributed by atoms with Gasteiger partial charge in [0.05, 0.1) is 0 Å². The van der Waals surface area contributed by atoms with Crippen molar-refractivity contribution in [1.82, 2.24) is 4.90 Å². The molecule has 1 aliphatic carbocycles. The first-order chi connectivity index (χ1) is 8.02. The zero-order valence-electron chi connectivity index (χ0n) is 12.3. The van der Waals surface area contributed by atoms with E-state index in [-0.39, 0.29) is 0 Å². The summed E-state index contributed by atoms with van der Waals surface area (Å²) < 4.78 is 0. The quantitative estimate of drug-likeness (QED) is 0.700. The van der Waals surface area contributed by atoms with Crippen molar-refractivity contribution in [3.63, 3.8) is 0 Å². The highest BCUT2D eigenvalue weighted by Crippen LogP contribution is 2.34. The molecule has 0 N–H and O–H groups in total. The molecule has 0 bridgehead atoms. The smallest absolute Gasteiger partial charge is 0.00101 e. The summed E-state index contributed by atoms with van der Waals surface area (Å²) in [4.78, 5) is 2.76. The Labute approximate surface area is 108 Å². The number of nitrogens with zero attached hydrogens (tertiary/aromatic N) is 1. The summed E-state index contributed by atoms with van der Waals surface area (Å²) in [7, 11) is 0. The fourth-order valence-corrected chi connectivity index (χ4v) is 4.57. The number of hydrogen-bond acceptors (Lipinski definition) is 1. The monoisotopic (exact) mass is 237 g/mol. The number of hydrogen-bond donors (Lipinski definition) is 0. The van der Waals surface area contributed by atoms with E-state index < -0.39 is 0 Å². The normalized spacial score (nSPS) is 44.8. The van der Waals surface area contributed by atoms with Crippen molar-refractivity contribution in [3.8, 4) is 0 Å². The molecule has 4 unspecified atom stereocenters. The first-order valence-corrected chi connectivity index (χ1v) is 7.75. The summed E-state index contributed by atoms with van der Waals surface area (Å²) in [5, 5.41) is 0. The summed E-state index contributed by atoms with van der Waals surface area (Å²) in [6.45, 7) is 13.8. The Balaban J connectivity index is 1.83. The van der Waals surface area contributed by atoms with Crippen molar-refractivity contribution in [2.75, 3.05) is 19.6 Å². The van der Waals surface area contributed by atoms with Crippen LogP contribution in [0, 0.1) is 29.6 Å². The predicted molar refractivity (Wildman–Crippen MR) is 75.1 cm³/mol. The summed E-state index contributed by atoms with van der Waals surface area (Å²) in [5.41, 5.74) is 0. The van der Waals surface area contributed by atoms with Crippen LogP contribution < -0.4 is 0 Å². The molecule has 0 aromatic carbocycles. The van der Waals surface area contributed by atoms with Crippen molar-refractivity contribution in [2.24, 2.45) is 29.6 Å². The molecule has 0 radical (unpaired) electrons. The first-order valence-electron chi connectivity index (χ1n) is 7.75. The van der Waals surface area contributed by atoms with E-state index in [2.05, 4.69) is 32.6 Å². The molecule has 4 atom stereocenters. The van der Waals surface area contributed by atoms with Crippen LogP contribution in [0.15, 0.2) is 0 Å². The molecule has 1 heteroatoms. The van der Waals surface area contributed by atoms with E-state index in [0.29, 0.717) is 0 Å². The Bertz CT molecular complexity index is 194. The van der Waals surface area contributed by atoms with Gasteiger partial charge in [0.25, 0.3) is 0 Å². The lowest BCUT2D eigenvalue weighted by Crippen LogP contribution is -2.42. The molecule has 2 aliphatic rings. The Kier molecular flexibility index (Phi) is 4.52. The summed E-state index contributed by atoms with van der Waals surface area (Å²) in [6, 6.07) is 0. The van der Waals surface area contributed by atoms with Gasteiger partial charge in [-0.2, -0.15) is 0 Å². The molecule has 1 saturated heterocycles. The maximum atomic E-state index is 2.76. The third-order valence-corrected chi connectivity index (χ3v) is 4.74. The SMILES string of the molecule is CC1CC(C)CC(CN2CC(C)CC(C)C2)C1. The van der Waals surface area contributed by atoms with Gasteiger partial charge in [-0.3, -0.25) is 0 Å². The lowest BCUT2D eigenvalue weighted by Gasteiger charge is -2.39. The third kappa shape index (κ3) is 3.98. The van der Waals surface area contributed by atoms with Crippen LogP contribution in [-0.2, 0) is 0 Å². The zero-order valence-corrected chi connectivity index (χ0v) is 12.3. The maximum Gasteiger partial charge on any atom is 0.00101 e. The molecule has 0 amide bonds. The summed E-state index contributed by atoms with van der Waals surface area (Å²) in [5.74, 6) is 4.73. The molecule has 100 valence electrons. The maximum absolute atomic E-state index is 2.76. The molecule has 2 rings (SSSR count). The molecule has 1 aliphatic heterocycles. The van der Waals surface area contributed by atoms with Gasteiger partial charge in [0.2, 0.25) is 0 Å². The van der Waals surface area contributed by atoms with E-state index in [4.69, 9.17) is 0 Å². The van der Waals surface area contributed by atoms with Gasteiger partial charge in [-0.1, -0.05) is 27.7 Å². The second kappa shape index (κ2) is 5.73. The molecule has 1 saturated carbocycles. The van der Waals surface area contributed by atoms with E-state index in [1.807, 2.05) is 0 Å². The molecule has 17 heavy (non-hydrogen) atoms. The Morgan fingerprint density at radius 2 is 1.18 bits per heavy atom. The van der Waals surface area contributed by atoms with Crippen molar-refractivity contribution < 1.29 is 0 Å². The fraction of sp³-hybridized carbons (Fsp3) is 1.00. The highest BCUT2D eigenvalue weighted by Gasteiger charge is 2.28. The lowest BCUT2D eigenvalue weighted by atomic mass is 9.76. The molecule has 1 heterocycles. The van der Waals surface area contributed by atoms with Gasteiger partial charge in [0.15, 0.2) is 0 Å². The highest BCUT2D eigenvalue weighted by atomic mass is 15.1. The molecule has 2 fully saturated rings. The average molecular weight is 237 g/mol. The van der Waals surface area contributed by atoms with Crippen LogP contribution in [0.1, 0.15) is 53.4 Å². The van der Waals surface area contributed by atoms with Crippen LogP contribution >= 0.6 is 0 Å². The fourth-order valence-electron chi connectivity index (χ4n) is 4.57. The zero-order chi connectivity index (χ0) is 12.4. The first kappa shape index (κ1) is 13.4. The number of piperidine rings is 1. The van der Waals surface area contributed by atoms with Gasteiger partial charge in [0, 0.05) is 19.6 Å². The standard InChI is InChI=1S/C16H31N/c1-12-5-13(2)8-16(7-12)11-17-9-14(3)6-15(4)10-17/h12-16H,5-11H2,1-4H3. The predicted octanol–water partition coefficient (Wildman–Crippen LogP) is 4.04. The Morgan fingerprint density at radius 3 is 1.71 bits per heavy atom. The largest absolute Gasteiger partial charge is 0.303 e. The van der Waals surface area contributed by atoms with E-state index in [0.717, 1.165) is 29.6 Å². The van der Waals surface area contributed by atoms with Crippen molar-refractivity contribution >= 4 is 0 Å². The van der Waals surface area contributed by atoms with Crippen LogP contribution in [-0.4, -0.2) is 24.5 Å². The van der Waals surface area contributed by atoms with Crippen LogP contribution in [0.3, 0.4) is 0 Å². The summed E-state index contributed by atoms with van der Waals surface area (Å²) in [6.07, 6.45) is 5.85. The topological polar surface area (TPSA) is 3.24 Å². The van der Waals surface area contributed by atoms with Crippen LogP contribution in [0.4, 0.5) is 0 Å². The van der Waals surface area contributed by atoms with E-state index >= 15 is 0 Å². The minimum atomic E-state index is 0.914. The second-order valence-electron chi connectivity index (χ2n) is 7.45. The Morgan fingerprint density at radius 1 is 0.706 bits per heavy atom. The van der Waals surface area contributed by atoms with Gasteiger partial charge in [-0.05, 0) is 55.3 Å². The number of rotatable bonds is 2. The molecule has 0 spiro atoms. The van der Waals surface area contributed by atoms with Gasteiger partial charge < -0.3 is 4.90 Å². The molecule has 1 nitrogen and oxygen atoms in total. The second-order valence-corrected chi connectivity index (χ2v) is 7.45. The van der Waals surface area contributed by atoms with Gasteiger partial charge in [-0.15, -0.1) is 0 Å². The molecular formula is C16H31N. The van der Waals surface area contributed by atoms with Gasteiger partial charge >= 0.3 is 0 Å². The average Bonchev–Trinajstić information content (AvgIpc) is 2.13. The molecule has 0 aromatic heterocycles. The van der Waals surface area contributed by atoms with E-state index in [1.54, 1.807) is 0 Å². The van der Waals surface area contributed by atoms with Crippen molar-refractivity contribution in [1.29, 1.82) is 0 Å². The van der Waals surface area contributed by atoms with Crippen LogP contribution in [0.5, 0.6) is 0 Å². The van der Waals surface area contributed by atoms with Gasteiger partial charge in [0.1, 0.15) is 0 Å². The van der Waals surface area contributed by atoms with Crippen LogP contribution in [0.25, 0.3) is 0 Å². The van der Waals surface area contributed by atoms with Crippen molar-refractivity contribution in [2.45, 2.75) is 53.4 Å². The third-order valence-electron chi connectivity index (χ3n) is 4.74. The minimum Gasteiger partial charge on any atom is -0.303 e. The number of likely N-dealkylation sites (tertiary alicyclic amines) is 1. The lowest BCUT2D eigenvalue weighted by molar-refractivity contribution is 0.0944. The van der Waals surface area contributed by atoms with E-state index in [1.165, 1.54) is 45.3 Å². The molecule has 0 aromatic rings. The molecular weight excluding hydrogens is 206 g/mol. The van der Waals surface area contributed by atoms with Crippen LogP contribution in [0.2, 0.25) is 0 Å². The minimum absolute atomic E-state index is 0.914. The van der Waals surface area contributed by atoms with Gasteiger partial charge in [-0.25, -0.2) is 0 Å². The van der Waals surface area contributed by atoms with E-state index in [9.17, 15) is 0 Å². The van der Waals surface area contributed by atoms with Crippen molar-refractivity contribution in [3.05, 3.63) is 0 Å². The Hall–Kier alpha value is -0.0400.